The number of piperazine rings is 1. The van der Waals surface area contributed by atoms with E-state index < -0.39 is 0 Å². The number of hydrogen-bond acceptors (Lipinski definition) is 6. The zero-order chi connectivity index (χ0) is 17.2. The van der Waals surface area contributed by atoms with Crippen LogP contribution in [0.4, 0.5) is 5.69 Å². The van der Waals surface area contributed by atoms with Crippen molar-refractivity contribution in [2.24, 2.45) is 0 Å². The fraction of sp³-hybridized carbons (Fsp3) is 0.278. The molecule has 4 rings (SSSR count). The van der Waals surface area contributed by atoms with Gasteiger partial charge < -0.3 is 15.5 Å². The van der Waals surface area contributed by atoms with Crippen molar-refractivity contribution in [3.63, 3.8) is 0 Å². The van der Waals surface area contributed by atoms with Gasteiger partial charge in [-0.25, -0.2) is 4.63 Å². The molecule has 7 nitrogen and oxygen atoms in total. The van der Waals surface area contributed by atoms with Crippen molar-refractivity contribution in [2.75, 3.05) is 38.5 Å². The fourth-order valence-corrected chi connectivity index (χ4v) is 3.13. The molecule has 128 valence electrons. The fourth-order valence-electron chi connectivity index (χ4n) is 3.13. The average Bonchev–Trinajstić information content (AvgIpc) is 3.16. The molecule has 1 saturated heterocycles. The molecule has 0 saturated carbocycles. The molecule has 1 amide bonds. The maximum absolute atomic E-state index is 12.7. The van der Waals surface area contributed by atoms with E-state index in [1.807, 2.05) is 48.3 Å². The van der Waals surface area contributed by atoms with Crippen LogP contribution in [0.1, 0.15) is 10.4 Å². The Hall–Kier alpha value is -2.93. The molecule has 2 aromatic carbocycles. The third-order valence-electron chi connectivity index (χ3n) is 4.48. The van der Waals surface area contributed by atoms with E-state index in [1.165, 1.54) is 0 Å². The summed E-state index contributed by atoms with van der Waals surface area (Å²) in [5.74, 6) is 0.0707. The third kappa shape index (κ3) is 2.94. The van der Waals surface area contributed by atoms with E-state index in [0.29, 0.717) is 16.6 Å². The first kappa shape index (κ1) is 15.6. The highest BCUT2D eigenvalue weighted by Gasteiger charge is 2.18. The quantitative estimate of drug-likeness (QED) is 0.760. The lowest BCUT2D eigenvalue weighted by Crippen LogP contribution is -2.46. The lowest BCUT2D eigenvalue weighted by atomic mass is 10.0. The lowest BCUT2D eigenvalue weighted by molar-refractivity contribution is 0.0736. The monoisotopic (exact) mass is 337 g/mol. The predicted molar refractivity (Wildman–Crippen MR) is 95.6 cm³/mol. The molecule has 0 unspecified atom stereocenters. The smallest absolute Gasteiger partial charge is 0.253 e. The number of rotatable bonds is 3. The van der Waals surface area contributed by atoms with Crippen LogP contribution in [0.15, 0.2) is 41.0 Å². The van der Waals surface area contributed by atoms with E-state index in [1.54, 1.807) is 0 Å². The van der Waals surface area contributed by atoms with E-state index >= 15 is 0 Å². The van der Waals surface area contributed by atoms with Crippen LogP contribution >= 0.6 is 0 Å². The van der Waals surface area contributed by atoms with E-state index in [4.69, 9.17) is 4.63 Å². The zero-order valence-corrected chi connectivity index (χ0v) is 14.0. The van der Waals surface area contributed by atoms with Gasteiger partial charge in [0, 0.05) is 38.8 Å². The van der Waals surface area contributed by atoms with Gasteiger partial charge in [0.2, 0.25) is 0 Å². The SMILES string of the molecule is CNc1cc(-c2cccc(C(=O)N3CCNCC3)c2)cc2nonc12. The van der Waals surface area contributed by atoms with Crippen molar-refractivity contribution in [3.8, 4) is 11.1 Å². The normalized spacial score (nSPS) is 14.7. The van der Waals surface area contributed by atoms with Gasteiger partial charge in [-0.3, -0.25) is 4.79 Å². The van der Waals surface area contributed by atoms with Crippen LogP contribution in [0.5, 0.6) is 0 Å². The van der Waals surface area contributed by atoms with Gasteiger partial charge in [0.1, 0.15) is 5.52 Å². The highest BCUT2D eigenvalue weighted by atomic mass is 16.6. The maximum Gasteiger partial charge on any atom is 0.253 e. The summed E-state index contributed by atoms with van der Waals surface area (Å²) in [6, 6.07) is 11.6. The molecule has 3 aromatic rings. The molecule has 2 heterocycles. The van der Waals surface area contributed by atoms with Crippen molar-refractivity contribution in [3.05, 3.63) is 42.0 Å². The van der Waals surface area contributed by atoms with Gasteiger partial charge in [0.25, 0.3) is 5.91 Å². The van der Waals surface area contributed by atoms with Crippen LogP contribution in [0.2, 0.25) is 0 Å². The second kappa shape index (κ2) is 6.52. The van der Waals surface area contributed by atoms with Crippen LogP contribution in [0.3, 0.4) is 0 Å². The number of amides is 1. The predicted octanol–water partition coefficient (Wildman–Crippen LogP) is 1.98. The Kier molecular flexibility index (Phi) is 4.07. The Morgan fingerprint density at radius 1 is 1.16 bits per heavy atom. The molecule has 1 aliphatic heterocycles. The first-order valence-electron chi connectivity index (χ1n) is 8.31. The van der Waals surface area contributed by atoms with Crippen LogP contribution in [0, 0.1) is 0 Å². The van der Waals surface area contributed by atoms with Gasteiger partial charge in [-0.05, 0) is 45.7 Å². The topological polar surface area (TPSA) is 83.3 Å². The molecule has 0 aliphatic carbocycles. The summed E-state index contributed by atoms with van der Waals surface area (Å²) in [4.78, 5) is 14.6. The molecule has 0 radical (unpaired) electrons. The van der Waals surface area contributed by atoms with Gasteiger partial charge >= 0.3 is 0 Å². The summed E-state index contributed by atoms with van der Waals surface area (Å²) >= 11 is 0. The second-order valence-corrected chi connectivity index (χ2v) is 6.03. The van der Waals surface area contributed by atoms with E-state index in [-0.39, 0.29) is 5.91 Å². The first-order chi connectivity index (χ1) is 12.3. The highest BCUT2D eigenvalue weighted by Crippen LogP contribution is 2.29. The average molecular weight is 337 g/mol. The number of nitrogens with zero attached hydrogens (tertiary/aromatic N) is 3. The standard InChI is InChI=1S/C18H19N5O2/c1-19-15-10-14(11-16-17(15)22-25-21-16)12-3-2-4-13(9-12)18(24)23-7-5-20-6-8-23/h2-4,9-11,19-20H,5-8H2,1H3. The molecule has 1 aliphatic rings. The van der Waals surface area contributed by atoms with Gasteiger partial charge in [-0.15, -0.1) is 0 Å². The highest BCUT2D eigenvalue weighted by molar-refractivity contribution is 5.97. The first-order valence-corrected chi connectivity index (χ1v) is 8.31. The zero-order valence-electron chi connectivity index (χ0n) is 14.0. The number of benzene rings is 2. The van der Waals surface area contributed by atoms with Crippen molar-refractivity contribution in [2.45, 2.75) is 0 Å². The van der Waals surface area contributed by atoms with Crippen LogP contribution in [-0.2, 0) is 0 Å². The molecular formula is C18H19N5O2. The number of hydrogen-bond donors (Lipinski definition) is 2. The Morgan fingerprint density at radius 3 is 2.80 bits per heavy atom. The van der Waals surface area contributed by atoms with Gasteiger partial charge in [0.05, 0.1) is 5.69 Å². The van der Waals surface area contributed by atoms with Crippen molar-refractivity contribution in [1.82, 2.24) is 20.5 Å². The van der Waals surface area contributed by atoms with Crippen molar-refractivity contribution in [1.29, 1.82) is 0 Å². The van der Waals surface area contributed by atoms with E-state index in [0.717, 1.165) is 43.0 Å². The van der Waals surface area contributed by atoms with Gasteiger partial charge in [0.15, 0.2) is 5.52 Å². The Bertz CT molecular complexity index is 915. The van der Waals surface area contributed by atoms with Crippen LogP contribution in [0.25, 0.3) is 22.2 Å². The molecule has 25 heavy (non-hydrogen) atoms. The Labute approximate surface area is 145 Å². The summed E-state index contributed by atoms with van der Waals surface area (Å²) in [6.45, 7) is 3.16. The minimum atomic E-state index is 0.0707. The largest absolute Gasteiger partial charge is 0.386 e. The molecule has 1 aromatic heterocycles. The number of carbonyl (C=O) groups excluding carboxylic acids is 1. The number of anilines is 1. The number of fused-ring (bicyclic) bond motifs is 1. The Morgan fingerprint density at radius 2 is 2.00 bits per heavy atom. The second-order valence-electron chi connectivity index (χ2n) is 6.03. The molecule has 7 heteroatoms. The van der Waals surface area contributed by atoms with Crippen LogP contribution < -0.4 is 10.6 Å². The summed E-state index contributed by atoms with van der Waals surface area (Å²) in [6.07, 6.45) is 0. The lowest BCUT2D eigenvalue weighted by Gasteiger charge is -2.27. The van der Waals surface area contributed by atoms with Gasteiger partial charge in [-0.2, -0.15) is 0 Å². The maximum atomic E-state index is 12.7. The minimum absolute atomic E-state index is 0.0707. The molecule has 0 atom stereocenters. The van der Waals surface area contributed by atoms with Crippen molar-refractivity contribution >= 4 is 22.6 Å². The minimum Gasteiger partial charge on any atom is -0.386 e. The van der Waals surface area contributed by atoms with Crippen LogP contribution in [-0.4, -0.2) is 54.3 Å². The summed E-state index contributed by atoms with van der Waals surface area (Å²) < 4.78 is 4.83. The third-order valence-corrected chi connectivity index (χ3v) is 4.48. The number of nitrogens with one attached hydrogen (secondary N) is 2. The summed E-state index contributed by atoms with van der Waals surface area (Å²) in [5.41, 5.74) is 4.83. The molecule has 0 bridgehead atoms. The van der Waals surface area contributed by atoms with Gasteiger partial charge in [-0.1, -0.05) is 12.1 Å². The molecule has 0 spiro atoms. The number of carbonyl (C=O) groups is 1. The number of aromatic nitrogens is 2. The van der Waals surface area contributed by atoms with E-state index in [2.05, 4.69) is 20.9 Å². The summed E-state index contributed by atoms with van der Waals surface area (Å²) in [7, 11) is 1.83. The Balaban J connectivity index is 1.70. The van der Waals surface area contributed by atoms with E-state index in [9.17, 15) is 4.79 Å². The molecular weight excluding hydrogens is 318 g/mol. The molecule has 1 fully saturated rings. The molecule has 2 N–H and O–H groups in total. The summed E-state index contributed by atoms with van der Waals surface area (Å²) in [5, 5.41) is 14.2. The van der Waals surface area contributed by atoms with Crippen molar-refractivity contribution < 1.29 is 9.42 Å².